The fourth-order valence-corrected chi connectivity index (χ4v) is 2.38. The Morgan fingerprint density at radius 3 is 3.00 bits per heavy atom. The van der Waals surface area contributed by atoms with Crippen LogP contribution in [0, 0.1) is 0 Å². The number of hydrogen-bond acceptors (Lipinski definition) is 4. The summed E-state index contributed by atoms with van der Waals surface area (Å²) in [6.45, 7) is 1.70. The summed E-state index contributed by atoms with van der Waals surface area (Å²) in [5.74, 6) is 0.0941. The molecule has 1 heterocycles. The van der Waals surface area contributed by atoms with E-state index in [1.807, 2.05) is 24.3 Å². The summed E-state index contributed by atoms with van der Waals surface area (Å²) in [6.07, 6.45) is 0.764. The van der Waals surface area contributed by atoms with Gasteiger partial charge in [-0.25, -0.2) is 0 Å². The number of piperidine rings is 1. The van der Waals surface area contributed by atoms with Crippen LogP contribution in [0.1, 0.15) is 18.4 Å². The number of rotatable bonds is 7. The van der Waals surface area contributed by atoms with Gasteiger partial charge < -0.3 is 20.5 Å². The first kappa shape index (κ1) is 16.2. The Kier molecular flexibility index (Phi) is 6.45. The van der Waals surface area contributed by atoms with Crippen LogP contribution in [-0.4, -0.2) is 42.9 Å². The summed E-state index contributed by atoms with van der Waals surface area (Å²) < 4.78 is 5.48. The molecule has 1 amide bonds. The summed E-state index contributed by atoms with van der Waals surface area (Å²) in [5.41, 5.74) is 0.911. The monoisotopic (exact) mass is 312 g/mol. The van der Waals surface area contributed by atoms with Crippen molar-refractivity contribution in [1.82, 2.24) is 10.6 Å². The minimum Gasteiger partial charge on any atom is -0.389 e. The van der Waals surface area contributed by atoms with Gasteiger partial charge in [0.2, 0.25) is 5.91 Å². The molecular formula is C15H21ClN2O3. The maximum absolute atomic E-state index is 11.0. The van der Waals surface area contributed by atoms with Crippen LogP contribution >= 0.6 is 11.6 Å². The number of carbonyl (C=O) groups excluding carboxylic acids is 1. The van der Waals surface area contributed by atoms with Gasteiger partial charge in [-0.3, -0.25) is 4.79 Å². The van der Waals surface area contributed by atoms with Gasteiger partial charge in [0.25, 0.3) is 0 Å². The van der Waals surface area contributed by atoms with Crippen LogP contribution in [-0.2, 0) is 16.1 Å². The Morgan fingerprint density at radius 2 is 2.29 bits per heavy atom. The van der Waals surface area contributed by atoms with Crippen molar-refractivity contribution in [2.45, 2.75) is 31.6 Å². The van der Waals surface area contributed by atoms with Crippen LogP contribution < -0.4 is 10.6 Å². The minimum atomic E-state index is -0.579. The van der Waals surface area contributed by atoms with Crippen molar-refractivity contribution in [1.29, 1.82) is 0 Å². The predicted molar refractivity (Wildman–Crippen MR) is 81.1 cm³/mol. The Labute approximate surface area is 129 Å². The number of aliphatic hydroxyl groups is 1. The fourth-order valence-electron chi connectivity index (χ4n) is 2.19. The van der Waals surface area contributed by atoms with Crippen LogP contribution in [0.15, 0.2) is 24.3 Å². The average molecular weight is 313 g/mol. The number of halogens is 1. The van der Waals surface area contributed by atoms with Crippen molar-refractivity contribution in [3.63, 3.8) is 0 Å². The molecule has 1 aromatic carbocycles. The number of aliphatic hydroxyl groups excluding tert-OH is 1. The quantitative estimate of drug-likeness (QED) is 0.705. The zero-order chi connectivity index (χ0) is 15.1. The van der Waals surface area contributed by atoms with Crippen LogP contribution in [0.3, 0.4) is 0 Å². The van der Waals surface area contributed by atoms with Gasteiger partial charge in [-0.1, -0.05) is 29.8 Å². The third-order valence-electron chi connectivity index (χ3n) is 3.43. The number of benzene rings is 1. The van der Waals surface area contributed by atoms with E-state index in [0.29, 0.717) is 31.1 Å². The maximum atomic E-state index is 11.0. The summed E-state index contributed by atoms with van der Waals surface area (Å²) in [6, 6.07) is 7.71. The summed E-state index contributed by atoms with van der Waals surface area (Å²) in [5, 5.41) is 16.6. The molecule has 3 N–H and O–H groups in total. The number of amides is 1. The zero-order valence-corrected chi connectivity index (χ0v) is 12.6. The van der Waals surface area contributed by atoms with Crippen LogP contribution in [0.25, 0.3) is 0 Å². The van der Waals surface area contributed by atoms with Crippen molar-refractivity contribution >= 4 is 17.5 Å². The third kappa shape index (κ3) is 5.63. The Morgan fingerprint density at radius 1 is 1.48 bits per heavy atom. The van der Waals surface area contributed by atoms with Crippen LogP contribution in [0.4, 0.5) is 0 Å². The number of hydrogen-bond donors (Lipinski definition) is 3. The van der Waals surface area contributed by atoms with Gasteiger partial charge in [-0.2, -0.15) is 0 Å². The van der Waals surface area contributed by atoms with Crippen molar-refractivity contribution in [3.05, 3.63) is 34.9 Å². The first-order chi connectivity index (χ1) is 10.1. The number of carbonyl (C=O) groups is 1. The molecule has 0 spiro atoms. The van der Waals surface area contributed by atoms with Gasteiger partial charge >= 0.3 is 0 Å². The molecule has 0 radical (unpaired) electrons. The average Bonchev–Trinajstić information content (AvgIpc) is 2.49. The molecule has 1 aliphatic heterocycles. The van der Waals surface area contributed by atoms with Crippen molar-refractivity contribution < 1.29 is 14.6 Å². The lowest BCUT2D eigenvalue weighted by molar-refractivity contribution is -0.122. The van der Waals surface area contributed by atoms with Gasteiger partial charge in [0.05, 0.1) is 19.3 Å². The molecule has 1 fully saturated rings. The molecule has 2 unspecified atom stereocenters. The first-order valence-corrected chi connectivity index (χ1v) is 7.52. The van der Waals surface area contributed by atoms with Crippen LogP contribution in [0.5, 0.6) is 0 Å². The first-order valence-electron chi connectivity index (χ1n) is 7.14. The SMILES string of the molecule is O=C1CCC(NCC(O)COCc2ccccc2Cl)CN1. The second-order valence-electron chi connectivity index (χ2n) is 5.21. The highest BCUT2D eigenvalue weighted by atomic mass is 35.5. The van der Waals surface area contributed by atoms with E-state index in [0.717, 1.165) is 12.0 Å². The normalized spacial score (nSPS) is 20.1. The highest BCUT2D eigenvalue weighted by Gasteiger charge is 2.18. The number of nitrogens with one attached hydrogen (secondary N) is 2. The van der Waals surface area contributed by atoms with E-state index in [4.69, 9.17) is 16.3 Å². The molecule has 0 aliphatic carbocycles. The minimum absolute atomic E-state index is 0.0941. The van der Waals surface area contributed by atoms with E-state index in [2.05, 4.69) is 10.6 Å². The largest absolute Gasteiger partial charge is 0.389 e. The zero-order valence-electron chi connectivity index (χ0n) is 11.8. The summed E-state index contributed by atoms with van der Waals surface area (Å²) in [7, 11) is 0. The van der Waals surface area contributed by atoms with Gasteiger partial charge in [-0.15, -0.1) is 0 Å². The second-order valence-corrected chi connectivity index (χ2v) is 5.62. The van der Waals surface area contributed by atoms with Gasteiger partial charge in [0.15, 0.2) is 0 Å². The predicted octanol–water partition coefficient (Wildman–Crippen LogP) is 1.09. The molecule has 0 bridgehead atoms. The lowest BCUT2D eigenvalue weighted by Crippen LogP contribution is -2.48. The van der Waals surface area contributed by atoms with Gasteiger partial charge in [-0.05, 0) is 18.1 Å². The summed E-state index contributed by atoms with van der Waals surface area (Å²) in [4.78, 5) is 11.0. The molecule has 2 atom stereocenters. The molecule has 1 saturated heterocycles. The van der Waals surface area contributed by atoms with Crippen molar-refractivity contribution in [2.24, 2.45) is 0 Å². The molecule has 5 nitrogen and oxygen atoms in total. The molecule has 6 heteroatoms. The second kappa shape index (κ2) is 8.34. The third-order valence-corrected chi connectivity index (χ3v) is 3.80. The highest BCUT2D eigenvalue weighted by Crippen LogP contribution is 2.15. The Hall–Kier alpha value is -1.14. The molecule has 116 valence electrons. The van der Waals surface area contributed by atoms with E-state index < -0.39 is 6.10 Å². The summed E-state index contributed by atoms with van der Waals surface area (Å²) >= 11 is 6.02. The molecular weight excluding hydrogens is 292 g/mol. The smallest absolute Gasteiger partial charge is 0.220 e. The maximum Gasteiger partial charge on any atom is 0.220 e. The molecule has 2 rings (SSSR count). The molecule has 1 aromatic rings. The molecule has 0 saturated carbocycles. The standard InChI is InChI=1S/C15H21ClN2O3/c16-14-4-2-1-3-11(14)9-21-10-13(19)8-17-12-5-6-15(20)18-7-12/h1-4,12-13,17,19H,5-10H2,(H,18,20). The molecule has 21 heavy (non-hydrogen) atoms. The van der Waals surface area contributed by atoms with E-state index in [-0.39, 0.29) is 18.6 Å². The van der Waals surface area contributed by atoms with E-state index in [9.17, 15) is 9.90 Å². The lowest BCUT2D eigenvalue weighted by Gasteiger charge is -2.24. The molecule has 0 aromatic heterocycles. The Bertz CT molecular complexity index is 460. The van der Waals surface area contributed by atoms with Crippen LogP contribution in [0.2, 0.25) is 5.02 Å². The van der Waals surface area contributed by atoms with E-state index in [1.165, 1.54) is 0 Å². The number of ether oxygens (including phenoxy) is 1. The van der Waals surface area contributed by atoms with Crippen molar-refractivity contribution in [2.75, 3.05) is 19.7 Å². The topological polar surface area (TPSA) is 70.6 Å². The van der Waals surface area contributed by atoms with Gasteiger partial charge in [0, 0.05) is 30.6 Å². The lowest BCUT2D eigenvalue weighted by atomic mass is 10.1. The van der Waals surface area contributed by atoms with Gasteiger partial charge in [0.1, 0.15) is 0 Å². The Balaban J connectivity index is 1.60. The fraction of sp³-hybridized carbons (Fsp3) is 0.533. The van der Waals surface area contributed by atoms with Crippen molar-refractivity contribution in [3.8, 4) is 0 Å². The highest BCUT2D eigenvalue weighted by molar-refractivity contribution is 6.31. The molecule has 1 aliphatic rings. The van der Waals surface area contributed by atoms with E-state index >= 15 is 0 Å². The van der Waals surface area contributed by atoms with E-state index in [1.54, 1.807) is 0 Å².